The van der Waals surface area contributed by atoms with Gasteiger partial charge in [0.25, 0.3) is 5.91 Å². The van der Waals surface area contributed by atoms with Crippen LogP contribution in [0.2, 0.25) is 0 Å². The summed E-state index contributed by atoms with van der Waals surface area (Å²) in [5.41, 5.74) is 0.893. The molecule has 3 heterocycles. The first-order valence-electron chi connectivity index (χ1n) is 12.4. The molecule has 2 aromatic heterocycles. The number of amides is 2. The van der Waals surface area contributed by atoms with Gasteiger partial charge >= 0.3 is 17.1 Å². The Labute approximate surface area is 204 Å². The van der Waals surface area contributed by atoms with Crippen LogP contribution in [0.3, 0.4) is 0 Å². The Balaban J connectivity index is 1.84. The van der Waals surface area contributed by atoms with E-state index in [1.54, 1.807) is 15.5 Å². The van der Waals surface area contributed by atoms with Crippen LogP contribution in [0.15, 0.2) is 10.9 Å². The zero-order valence-electron chi connectivity index (χ0n) is 21.1. The van der Waals surface area contributed by atoms with E-state index in [-0.39, 0.29) is 41.4 Å². The topological polar surface area (TPSA) is 120 Å². The number of nitrogens with zero attached hydrogens (tertiary/aromatic N) is 3. The molecule has 10 nitrogen and oxygen atoms in total. The summed E-state index contributed by atoms with van der Waals surface area (Å²) >= 11 is 0. The second-order valence-corrected chi connectivity index (χ2v) is 10.1. The van der Waals surface area contributed by atoms with Crippen molar-refractivity contribution in [2.45, 2.75) is 78.6 Å². The number of hydrogen-bond acceptors (Lipinski definition) is 5. The van der Waals surface area contributed by atoms with E-state index in [0.29, 0.717) is 37.4 Å². The lowest BCUT2D eigenvalue weighted by Gasteiger charge is -2.38. The number of aromatic nitrogens is 3. The van der Waals surface area contributed by atoms with E-state index in [1.807, 2.05) is 34.6 Å². The van der Waals surface area contributed by atoms with Crippen molar-refractivity contribution >= 4 is 23.5 Å². The van der Waals surface area contributed by atoms with Gasteiger partial charge in [0.15, 0.2) is 0 Å². The highest BCUT2D eigenvalue weighted by molar-refractivity contribution is 5.96. The molecule has 1 aliphatic carbocycles. The van der Waals surface area contributed by atoms with Gasteiger partial charge in [-0.3, -0.25) is 9.59 Å². The van der Waals surface area contributed by atoms with E-state index >= 15 is 0 Å². The number of carbonyl (C=O) groups is 2. The summed E-state index contributed by atoms with van der Waals surface area (Å²) in [7, 11) is 0. The first-order valence-corrected chi connectivity index (χ1v) is 12.4. The summed E-state index contributed by atoms with van der Waals surface area (Å²) in [6.45, 7) is 11.2. The number of rotatable bonds is 7. The van der Waals surface area contributed by atoms with Gasteiger partial charge in [-0.2, -0.15) is 4.57 Å². The highest BCUT2D eigenvalue weighted by atomic mass is 16.5. The van der Waals surface area contributed by atoms with Gasteiger partial charge in [-0.05, 0) is 45.1 Å². The molecule has 0 spiro atoms. The summed E-state index contributed by atoms with van der Waals surface area (Å²) in [5.74, 6) is -0.950. The Kier molecular flexibility index (Phi) is 7.02. The van der Waals surface area contributed by atoms with Crippen molar-refractivity contribution < 1.29 is 24.0 Å². The second kappa shape index (κ2) is 9.85. The van der Waals surface area contributed by atoms with Crippen LogP contribution < -0.4 is 15.4 Å². The number of ether oxygens (including phenoxy) is 1. The van der Waals surface area contributed by atoms with Crippen molar-refractivity contribution in [3.63, 3.8) is 0 Å². The zero-order chi connectivity index (χ0) is 25.4. The summed E-state index contributed by atoms with van der Waals surface area (Å²) in [5, 5.41) is 17.0. The second-order valence-electron chi connectivity index (χ2n) is 10.1. The van der Waals surface area contributed by atoms with E-state index in [2.05, 4.69) is 10.4 Å². The van der Waals surface area contributed by atoms with Gasteiger partial charge in [0.05, 0.1) is 43.1 Å². The summed E-state index contributed by atoms with van der Waals surface area (Å²) in [4.78, 5) is 41.1. The molecule has 2 aromatic rings. The van der Waals surface area contributed by atoms with Crippen molar-refractivity contribution in [3.8, 4) is 5.88 Å². The van der Waals surface area contributed by atoms with Gasteiger partial charge in [0.1, 0.15) is 0 Å². The fourth-order valence-electron chi connectivity index (χ4n) is 4.71. The molecule has 10 heteroatoms. The lowest BCUT2D eigenvalue weighted by molar-refractivity contribution is -0.686. The lowest BCUT2D eigenvalue weighted by atomic mass is 10.1. The van der Waals surface area contributed by atoms with Crippen molar-refractivity contribution in [1.29, 1.82) is 0 Å². The SMILES string of the molecule is CCc1[nH]n2c(=O)c(C(=O)NC3CC3)c(O)[n+](CC(C)C)c2c1/C=C/C(=O)N1[C@@H](C)COC[C@@H]1C. The molecule has 0 aromatic carbocycles. The number of aromatic hydroxyl groups is 1. The predicted octanol–water partition coefficient (Wildman–Crippen LogP) is 1.38. The van der Waals surface area contributed by atoms with E-state index in [1.165, 1.54) is 10.6 Å². The van der Waals surface area contributed by atoms with Crippen molar-refractivity contribution in [2.75, 3.05) is 13.2 Å². The standard InChI is InChI=1S/C25H35N5O5/c1-6-19-18(9-10-20(31)29-15(4)12-35-13-16(29)5)23-28(11-14(2)3)24(33)21(25(34)30(23)27-19)22(32)26-17-7-8-17/h9-10,14-17H,6-8,11-13H2,1-5H3,(H2,26,32,33,34)/p+1/b10-9+/t15-,16-/m0/s1. The highest BCUT2D eigenvalue weighted by Gasteiger charge is 2.35. The van der Waals surface area contributed by atoms with Crippen LogP contribution in [-0.2, 0) is 22.5 Å². The van der Waals surface area contributed by atoms with Crippen molar-refractivity contribution in [1.82, 2.24) is 19.8 Å². The van der Waals surface area contributed by atoms with Crippen LogP contribution >= 0.6 is 0 Å². The number of nitrogens with one attached hydrogen (secondary N) is 2. The molecule has 35 heavy (non-hydrogen) atoms. The average molecular weight is 487 g/mol. The molecular formula is C25H36N5O5+. The Morgan fingerprint density at radius 2 is 1.91 bits per heavy atom. The van der Waals surface area contributed by atoms with Gasteiger partial charge in [0.2, 0.25) is 11.5 Å². The largest absolute Gasteiger partial charge is 0.477 e. The number of H-pyrrole nitrogens is 1. The fraction of sp³-hybridized carbons (Fsp3) is 0.600. The van der Waals surface area contributed by atoms with Crippen LogP contribution in [0.25, 0.3) is 11.7 Å². The Morgan fingerprint density at radius 3 is 2.49 bits per heavy atom. The van der Waals surface area contributed by atoms with Gasteiger partial charge < -0.3 is 20.1 Å². The summed E-state index contributed by atoms with van der Waals surface area (Å²) in [6, 6.07) is -0.0472. The Bertz CT molecular complexity index is 1210. The highest BCUT2D eigenvalue weighted by Crippen LogP contribution is 2.22. The first-order chi connectivity index (χ1) is 16.6. The smallest absolute Gasteiger partial charge is 0.378 e. The van der Waals surface area contributed by atoms with Crippen LogP contribution in [0, 0.1) is 5.92 Å². The lowest BCUT2D eigenvalue weighted by Crippen LogP contribution is -2.51. The molecule has 2 fully saturated rings. The molecule has 0 bridgehead atoms. The van der Waals surface area contributed by atoms with Gasteiger partial charge in [-0.1, -0.05) is 25.3 Å². The van der Waals surface area contributed by atoms with Gasteiger partial charge in [-0.15, -0.1) is 0 Å². The van der Waals surface area contributed by atoms with Crippen LogP contribution in [-0.4, -0.2) is 62.8 Å². The van der Waals surface area contributed by atoms with E-state index in [9.17, 15) is 19.5 Å². The molecule has 3 N–H and O–H groups in total. The minimum atomic E-state index is -0.619. The average Bonchev–Trinajstić information content (AvgIpc) is 3.52. The molecular weight excluding hydrogens is 450 g/mol. The molecule has 1 saturated heterocycles. The third-order valence-electron chi connectivity index (χ3n) is 6.53. The minimum Gasteiger partial charge on any atom is -0.477 e. The van der Waals surface area contributed by atoms with Crippen LogP contribution in [0.4, 0.5) is 0 Å². The van der Waals surface area contributed by atoms with E-state index in [0.717, 1.165) is 18.5 Å². The maximum absolute atomic E-state index is 13.4. The van der Waals surface area contributed by atoms with E-state index in [4.69, 9.17) is 4.74 Å². The van der Waals surface area contributed by atoms with Gasteiger partial charge in [-0.25, -0.2) is 9.89 Å². The summed E-state index contributed by atoms with van der Waals surface area (Å²) in [6.07, 6.45) is 5.50. The number of morpholine rings is 1. The van der Waals surface area contributed by atoms with Crippen molar-refractivity contribution in [3.05, 3.63) is 33.3 Å². The third-order valence-corrected chi connectivity index (χ3v) is 6.53. The molecule has 1 saturated carbocycles. The monoisotopic (exact) mass is 486 g/mol. The molecule has 1 aliphatic heterocycles. The number of aromatic amines is 1. The molecule has 0 radical (unpaired) electrons. The maximum Gasteiger partial charge on any atom is 0.378 e. The zero-order valence-corrected chi connectivity index (χ0v) is 21.1. The number of carbonyl (C=O) groups excluding carboxylic acids is 2. The first kappa shape index (κ1) is 25.0. The Morgan fingerprint density at radius 1 is 1.26 bits per heavy atom. The Hall–Kier alpha value is -3.14. The third kappa shape index (κ3) is 4.84. The molecule has 2 atom stereocenters. The molecule has 190 valence electrons. The van der Waals surface area contributed by atoms with Crippen LogP contribution in [0.1, 0.15) is 69.1 Å². The van der Waals surface area contributed by atoms with Crippen molar-refractivity contribution in [2.24, 2.45) is 5.92 Å². The maximum atomic E-state index is 13.4. The number of fused-ring (bicyclic) bond motifs is 1. The predicted molar refractivity (Wildman–Crippen MR) is 130 cm³/mol. The van der Waals surface area contributed by atoms with E-state index < -0.39 is 11.5 Å². The minimum absolute atomic E-state index is 0.0462. The quantitative estimate of drug-likeness (QED) is 0.403. The molecule has 0 unspecified atom stereocenters. The molecule has 4 rings (SSSR count). The molecule has 2 aliphatic rings. The fourth-order valence-corrected chi connectivity index (χ4v) is 4.71. The molecule has 2 amide bonds. The number of hydrogen-bond donors (Lipinski definition) is 3. The normalized spacial score (nSPS) is 20.8. The summed E-state index contributed by atoms with van der Waals surface area (Å²) < 4.78 is 8.43. The number of aryl methyl sites for hydroxylation is 1. The van der Waals surface area contributed by atoms with Gasteiger partial charge in [0, 0.05) is 12.1 Å². The van der Waals surface area contributed by atoms with Crippen LogP contribution in [0.5, 0.6) is 5.88 Å².